The molecule has 0 amide bonds. The summed E-state index contributed by atoms with van der Waals surface area (Å²) in [5.74, 6) is 0.622. The standard InChI is InChI=1S/C13H14Cl2N2OS/c1-8(2)18-12-7-11(9(14)6-10(12)15)17-5-4-16-13(17)19-3/h4-8H,1-3H3. The Morgan fingerprint density at radius 3 is 2.63 bits per heavy atom. The van der Waals surface area contributed by atoms with Crippen molar-refractivity contribution in [3.63, 3.8) is 0 Å². The topological polar surface area (TPSA) is 27.1 Å². The lowest BCUT2D eigenvalue weighted by Crippen LogP contribution is -2.07. The van der Waals surface area contributed by atoms with Crippen LogP contribution < -0.4 is 4.74 Å². The highest BCUT2D eigenvalue weighted by atomic mass is 35.5. The molecule has 0 spiro atoms. The number of hydrogen-bond donors (Lipinski definition) is 0. The van der Waals surface area contributed by atoms with E-state index in [0.717, 1.165) is 10.8 Å². The Morgan fingerprint density at radius 2 is 2.00 bits per heavy atom. The molecule has 0 N–H and O–H groups in total. The number of hydrogen-bond acceptors (Lipinski definition) is 3. The first-order valence-electron chi connectivity index (χ1n) is 5.76. The zero-order chi connectivity index (χ0) is 14.0. The molecule has 2 rings (SSSR count). The molecule has 0 aliphatic heterocycles. The fourth-order valence-electron chi connectivity index (χ4n) is 1.67. The van der Waals surface area contributed by atoms with Gasteiger partial charge in [0.15, 0.2) is 5.16 Å². The Labute approximate surface area is 126 Å². The fraction of sp³-hybridized carbons (Fsp3) is 0.308. The van der Waals surface area contributed by atoms with Crippen LogP contribution in [0.1, 0.15) is 13.8 Å². The Bertz CT molecular complexity index is 584. The van der Waals surface area contributed by atoms with E-state index in [1.807, 2.05) is 36.9 Å². The molecule has 0 aliphatic carbocycles. The average Bonchev–Trinajstić information content (AvgIpc) is 2.80. The van der Waals surface area contributed by atoms with Crippen LogP contribution in [-0.2, 0) is 0 Å². The zero-order valence-corrected chi connectivity index (χ0v) is 13.2. The molecule has 0 unspecified atom stereocenters. The average molecular weight is 317 g/mol. The summed E-state index contributed by atoms with van der Waals surface area (Å²) < 4.78 is 7.59. The first-order valence-corrected chi connectivity index (χ1v) is 7.74. The van der Waals surface area contributed by atoms with Crippen LogP contribution in [0.3, 0.4) is 0 Å². The van der Waals surface area contributed by atoms with Crippen molar-refractivity contribution in [2.24, 2.45) is 0 Å². The molecule has 19 heavy (non-hydrogen) atoms. The third-order valence-corrected chi connectivity index (χ3v) is 3.68. The Morgan fingerprint density at radius 1 is 1.26 bits per heavy atom. The molecule has 0 atom stereocenters. The summed E-state index contributed by atoms with van der Waals surface area (Å²) in [4.78, 5) is 4.26. The van der Waals surface area contributed by atoms with Crippen molar-refractivity contribution in [1.29, 1.82) is 0 Å². The predicted octanol–water partition coefficient (Wildman–Crippen LogP) is 4.69. The maximum absolute atomic E-state index is 6.26. The molecule has 1 aromatic carbocycles. The van der Waals surface area contributed by atoms with Crippen molar-refractivity contribution >= 4 is 35.0 Å². The summed E-state index contributed by atoms with van der Waals surface area (Å²) in [6, 6.07) is 3.53. The lowest BCUT2D eigenvalue weighted by molar-refractivity contribution is 0.242. The number of imidazole rings is 1. The quantitative estimate of drug-likeness (QED) is 0.766. The van der Waals surface area contributed by atoms with Crippen molar-refractivity contribution < 1.29 is 4.74 Å². The smallest absolute Gasteiger partial charge is 0.172 e. The van der Waals surface area contributed by atoms with Gasteiger partial charge in [0.05, 0.1) is 21.8 Å². The van der Waals surface area contributed by atoms with E-state index in [1.54, 1.807) is 24.0 Å². The lowest BCUT2D eigenvalue weighted by Gasteiger charge is -2.15. The van der Waals surface area contributed by atoms with Crippen LogP contribution in [0.4, 0.5) is 0 Å². The highest BCUT2D eigenvalue weighted by molar-refractivity contribution is 7.98. The second-order valence-corrected chi connectivity index (χ2v) is 5.77. The van der Waals surface area contributed by atoms with Crippen LogP contribution in [0.15, 0.2) is 29.7 Å². The van der Waals surface area contributed by atoms with Gasteiger partial charge in [0, 0.05) is 18.5 Å². The molecule has 1 heterocycles. The van der Waals surface area contributed by atoms with Crippen LogP contribution in [0.2, 0.25) is 10.0 Å². The Balaban J connectivity index is 2.51. The molecule has 0 fully saturated rings. The summed E-state index contributed by atoms with van der Waals surface area (Å²) in [5.41, 5.74) is 0.809. The maximum atomic E-state index is 6.26. The van der Waals surface area contributed by atoms with Gasteiger partial charge in [0.2, 0.25) is 0 Å². The summed E-state index contributed by atoms with van der Waals surface area (Å²) in [6.45, 7) is 3.91. The molecule has 0 saturated heterocycles. The van der Waals surface area contributed by atoms with Gasteiger partial charge in [-0.1, -0.05) is 35.0 Å². The van der Waals surface area contributed by atoms with Gasteiger partial charge >= 0.3 is 0 Å². The van der Waals surface area contributed by atoms with Crippen molar-refractivity contribution in [3.8, 4) is 11.4 Å². The zero-order valence-electron chi connectivity index (χ0n) is 10.9. The molecule has 0 saturated carbocycles. The van der Waals surface area contributed by atoms with Gasteiger partial charge in [0.1, 0.15) is 5.75 Å². The Kier molecular flexibility index (Phi) is 4.66. The van der Waals surface area contributed by atoms with Crippen molar-refractivity contribution in [2.45, 2.75) is 25.1 Å². The predicted molar refractivity (Wildman–Crippen MR) is 81.1 cm³/mol. The van der Waals surface area contributed by atoms with E-state index in [2.05, 4.69) is 4.98 Å². The van der Waals surface area contributed by atoms with Crippen molar-refractivity contribution in [2.75, 3.05) is 6.26 Å². The monoisotopic (exact) mass is 316 g/mol. The summed E-state index contributed by atoms with van der Waals surface area (Å²) in [5, 5.41) is 1.93. The number of halogens is 2. The van der Waals surface area contributed by atoms with E-state index < -0.39 is 0 Å². The third kappa shape index (κ3) is 3.19. The van der Waals surface area contributed by atoms with Gasteiger partial charge in [-0.05, 0) is 26.2 Å². The minimum atomic E-state index is 0.0503. The second kappa shape index (κ2) is 6.07. The summed E-state index contributed by atoms with van der Waals surface area (Å²) >= 11 is 14.0. The SMILES string of the molecule is CSc1nccn1-c1cc(OC(C)C)c(Cl)cc1Cl. The number of benzene rings is 1. The molecule has 0 radical (unpaired) electrons. The van der Waals surface area contributed by atoms with Gasteiger partial charge in [-0.15, -0.1) is 0 Å². The number of thioether (sulfide) groups is 1. The van der Waals surface area contributed by atoms with Crippen LogP contribution in [-0.4, -0.2) is 21.9 Å². The molecule has 102 valence electrons. The highest BCUT2D eigenvalue weighted by Gasteiger charge is 2.13. The molecule has 6 heteroatoms. The Hall–Kier alpha value is -0.840. The van der Waals surface area contributed by atoms with Gasteiger partial charge in [-0.3, -0.25) is 4.57 Å². The van der Waals surface area contributed by atoms with Crippen molar-refractivity contribution in [3.05, 3.63) is 34.6 Å². The molecule has 1 aromatic heterocycles. The largest absolute Gasteiger partial charge is 0.489 e. The van der Waals surface area contributed by atoms with Gasteiger partial charge in [0.25, 0.3) is 0 Å². The normalized spacial score (nSPS) is 11.1. The molecule has 0 aliphatic rings. The first-order chi connectivity index (χ1) is 9.02. The van der Waals surface area contributed by atoms with Crippen LogP contribution in [0.5, 0.6) is 5.75 Å². The van der Waals surface area contributed by atoms with Crippen LogP contribution >= 0.6 is 35.0 Å². The maximum Gasteiger partial charge on any atom is 0.172 e. The van der Waals surface area contributed by atoms with E-state index in [4.69, 9.17) is 27.9 Å². The molecule has 3 nitrogen and oxygen atoms in total. The number of aromatic nitrogens is 2. The van der Waals surface area contributed by atoms with Gasteiger partial charge in [-0.2, -0.15) is 0 Å². The highest BCUT2D eigenvalue weighted by Crippen LogP contribution is 2.35. The lowest BCUT2D eigenvalue weighted by atomic mass is 10.3. The minimum absolute atomic E-state index is 0.0503. The summed E-state index contributed by atoms with van der Waals surface area (Å²) in [7, 11) is 0. The number of nitrogens with zero attached hydrogens (tertiary/aromatic N) is 2. The minimum Gasteiger partial charge on any atom is -0.489 e. The number of rotatable bonds is 4. The second-order valence-electron chi connectivity index (χ2n) is 4.18. The van der Waals surface area contributed by atoms with E-state index in [1.165, 1.54) is 0 Å². The fourth-order valence-corrected chi connectivity index (χ4v) is 2.71. The van der Waals surface area contributed by atoms with Crippen molar-refractivity contribution in [1.82, 2.24) is 9.55 Å². The van der Waals surface area contributed by atoms with E-state index in [0.29, 0.717) is 15.8 Å². The molecule has 0 bridgehead atoms. The van der Waals surface area contributed by atoms with Gasteiger partial charge in [-0.25, -0.2) is 4.98 Å². The van der Waals surface area contributed by atoms with Crippen LogP contribution in [0, 0.1) is 0 Å². The first kappa shape index (κ1) is 14.6. The molecule has 2 aromatic rings. The molecular weight excluding hydrogens is 303 g/mol. The van der Waals surface area contributed by atoms with Gasteiger partial charge < -0.3 is 4.74 Å². The summed E-state index contributed by atoms with van der Waals surface area (Å²) in [6.07, 6.45) is 5.61. The van der Waals surface area contributed by atoms with E-state index in [-0.39, 0.29) is 6.10 Å². The molecular formula is C13H14Cl2N2OS. The van der Waals surface area contributed by atoms with Crippen LogP contribution in [0.25, 0.3) is 5.69 Å². The van der Waals surface area contributed by atoms with E-state index in [9.17, 15) is 0 Å². The third-order valence-electron chi connectivity index (χ3n) is 2.41. The van der Waals surface area contributed by atoms with E-state index >= 15 is 0 Å². The number of ether oxygens (including phenoxy) is 1.